The van der Waals surface area contributed by atoms with E-state index in [-0.39, 0.29) is 38.6 Å². The van der Waals surface area contributed by atoms with Gasteiger partial charge in [0.25, 0.3) is 0 Å². The van der Waals surface area contributed by atoms with Crippen molar-refractivity contribution >= 4 is 19.8 Å². The van der Waals surface area contributed by atoms with Gasteiger partial charge in [0.05, 0.1) is 13.2 Å². The lowest BCUT2D eigenvalue weighted by Gasteiger charge is -2.19. The second-order valence-electron chi connectivity index (χ2n) is 28.0. The SMILES string of the molecule is CC/C=C\C/C=C\C/C=C\C/C=C\C/C=C\CCCCCCCCCCCCCCCCCCCCCCCC(=O)OC(COC(=O)CCCCCCCCCCCCCCCCCCCCCCCCCCC/C=C\CCCCCCCCCC)COP(=O)(O)OCCN. The number of allylic oxidation sites excluding steroid dienone is 12. The average Bonchev–Trinajstić information content (AvgIpc) is 2.64. The highest BCUT2D eigenvalue weighted by Gasteiger charge is 2.26. The summed E-state index contributed by atoms with van der Waals surface area (Å²) in [5, 5.41) is 0. The van der Waals surface area contributed by atoms with Crippen molar-refractivity contribution < 1.29 is 37.6 Å². The summed E-state index contributed by atoms with van der Waals surface area (Å²) < 4.78 is 33.3. The van der Waals surface area contributed by atoms with Crippen molar-refractivity contribution in [1.29, 1.82) is 0 Å². The van der Waals surface area contributed by atoms with Crippen molar-refractivity contribution in [3.8, 4) is 0 Å². The number of carbonyl (C=O) groups is 2. The topological polar surface area (TPSA) is 134 Å². The van der Waals surface area contributed by atoms with Gasteiger partial charge in [0.1, 0.15) is 6.61 Å². The summed E-state index contributed by atoms with van der Waals surface area (Å²) in [6.07, 6.45) is 108. The van der Waals surface area contributed by atoms with E-state index in [1.807, 2.05) is 0 Å². The molecule has 0 aliphatic heterocycles. The van der Waals surface area contributed by atoms with E-state index in [4.69, 9.17) is 24.3 Å². The van der Waals surface area contributed by atoms with Gasteiger partial charge in [-0.25, -0.2) is 4.57 Å². The molecule has 0 amide bonds. The van der Waals surface area contributed by atoms with Gasteiger partial charge in [0.15, 0.2) is 6.10 Å². The zero-order valence-corrected chi connectivity index (χ0v) is 63.8. The van der Waals surface area contributed by atoms with Crippen LogP contribution >= 0.6 is 7.82 Å². The van der Waals surface area contributed by atoms with Crippen LogP contribution in [0.25, 0.3) is 0 Å². The molecule has 0 radical (unpaired) electrons. The number of unbranched alkanes of at least 4 members (excludes halogenated alkanes) is 54. The van der Waals surface area contributed by atoms with Crippen LogP contribution in [-0.4, -0.2) is 49.3 Å². The second kappa shape index (κ2) is 80.4. The van der Waals surface area contributed by atoms with Crippen molar-refractivity contribution in [3.63, 3.8) is 0 Å². The van der Waals surface area contributed by atoms with Crippen molar-refractivity contribution in [2.75, 3.05) is 26.4 Å². The number of carbonyl (C=O) groups excluding carboxylic acids is 2. The van der Waals surface area contributed by atoms with Crippen molar-refractivity contribution in [2.24, 2.45) is 5.73 Å². The molecule has 2 atom stereocenters. The Bertz CT molecular complexity index is 1790. The van der Waals surface area contributed by atoms with E-state index in [2.05, 4.69) is 86.8 Å². The molecule has 9 nitrogen and oxygen atoms in total. The molecule has 0 spiro atoms. The first kappa shape index (κ1) is 92.4. The lowest BCUT2D eigenvalue weighted by molar-refractivity contribution is -0.161. The van der Waals surface area contributed by atoms with Crippen LogP contribution in [-0.2, 0) is 32.7 Å². The molecule has 0 rings (SSSR count). The Hall–Kier alpha value is -2.55. The number of hydrogen-bond donors (Lipinski definition) is 2. The van der Waals surface area contributed by atoms with E-state index >= 15 is 0 Å². The van der Waals surface area contributed by atoms with Crippen molar-refractivity contribution in [1.82, 2.24) is 0 Å². The van der Waals surface area contributed by atoms with Crippen molar-refractivity contribution in [2.45, 2.75) is 431 Å². The Morgan fingerprint density at radius 2 is 0.579 bits per heavy atom. The first-order valence-electron chi connectivity index (χ1n) is 41.4. The molecule has 0 saturated carbocycles. The third kappa shape index (κ3) is 80.3. The van der Waals surface area contributed by atoms with E-state index in [9.17, 15) is 19.0 Å². The molecule has 0 heterocycles. The van der Waals surface area contributed by atoms with Crippen molar-refractivity contribution in [3.05, 3.63) is 72.9 Å². The van der Waals surface area contributed by atoms with Gasteiger partial charge in [-0.3, -0.25) is 18.6 Å². The first-order valence-corrected chi connectivity index (χ1v) is 42.9. The minimum absolute atomic E-state index is 0.0550. The van der Waals surface area contributed by atoms with Crippen LogP contribution in [0.3, 0.4) is 0 Å². The summed E-state index contributed by atoms with van der Waals surface area (Å²) in [4.78, 5) is 35.5. The molecule has 2 unspecified atom stereocenters. The highest BCUT2D eigenvalue weighted by molar-refractivity contribution is 7.47. The van der Waals surface area contributed by atoms with Gasteiger partial charge in [-0.05, 0) is 83.5 Å². The summed E-state index contributed by atoms with van der Waals surface area (Å²) in [6.45, 7) is 3.71. The molecular formula is C85H158NO8P. The normalized spacial score (nSPS) is 13.2. The van der Waals surface area contributed by atoms with Gasteiger partial charge in [-0.15, -0.1) is 0 Å². The molecule has 0 aromatic rings. The van der Waals surface area contributed by atoms with Gasteiger partial charge in [0.2, 0.25) is 0 Å². The summed E-state index contributed by atoms with van der Waals surface area (Å²) in [5.74, 6) is -0.804. The van der Waals surface area contributed by atoms with Gasteiger partial charge < -0.3 is 20.1 Å². The number of ether oxygens (including phenoxy) is 2. The number of rotatable bonds is 79. The summed E-state index contributed by atoms with van der Waals surface area (Å²) in [6, 6.07) is 0. The molecule has 10 heteroatoms. The smallest absolute Gasteiger partial charge is 0.462 e. The largest absolute Gasteiger partial charge is 0.472 e. The van der Waals surface area contributed by atoms with Gasteiger partial charge >= 0.3 is 19.8 Å². The molecule has 0 aliphatic rings. The number of esters is 2. The van der Waals surface area contributed by atoms with Crippen LogP contribution in [0.4, 0.5) is 0 Å². The summed E-state index contributed by atoms with van der Waals surface area (Å²) >= 11 is 0. The maximum absolute atomic E-state index is 12.8. The standard InChI is InChI=1S/C85H158NO8P/c1-3-5-7-9-11-13-15-17-19-21-23-25-27-29-31-33-35-37-39-41-43-45-47-49-51-53-55-57-59-61-63-65-67-69-71-73-75-77-84(87)91-81-83(82-93-95(89,90)92-80-79-86)94-85(88)78-76-74-72-70-68-66-64-62-60-58-56-54-52-50-48-46-44-42-40-38-36-34-32-30-28-26-24-22-20-18-16-14-12-10-8-6-4-2/h6,8,12,14,18,20-21,23-24,26,30,32,83H,3-5,7,9-11,13,15-17,19,22,25,27-29,31,33-82,86H2,1-2H3,(H,89,90)/b8-6-,14-12-,20-18-,23-21-,26-24-,32-30-. The fourth-order valence-corrected chi connectivity index (χ4v) is 13.3. The molecule has 0 aliphatic carbocycles. The highest BCUT2D eigenvalue weighted by Crippen LogP contribution is 2.43. The minimum Gasteiger partial charge on any atom is -0.462 e. The van der Waals surface area contributed by atoms with Crippen LogP contribution in [0.15, 0.2) is 72.9 Å². The van der Waals surface area contributed by atoms with Gasteiger partial charge in [-0.2, -0.15) is 0 Å². The first-order chi connectivity index (χ1) is 46.8. The molecule has 95 heavy (non-hydrogen) atoms. The molecule has 0 saturated heterocycles. The van der Waals surface area contributed by atoms with E-state index in [1.54, 1.807) is 0 Å². The quantitative estimate of drug-likeness (QED) is 0.0264. The van der Waals surface area contributed by atoms with Crippen LogP contribution in [0, 0.1) is 0 Å². The van der Waals surface area contributed by atoms with Gasteiger partial charge in [-0.1, -0.05) is 401 Å². The molecular weight excluding hydrogens is 1190 g/mol. The molecule has 0 aromatic heterocycles. The van der Waals surface area contributed by atoms with E-state index < -0.39 is 26.5 Å². The zero-order chi connectivity index (χ0) is 68.6. The van der Waals surface area contributed by atoms with Crippen LogP contribution in [0.1, 0.15) is 425 Å². The highest BCUT2D eigenvalue weighted by atomic mass is 31.2. The minimum atomic E-state index is -4.40. The lowest BCUT2D eigenvalue weighted by atomic mass is 10.0. The third-order valence-corrected chi connectivity index (χ3v) is 19.6. The van der Waals surface area contributed by atoms with Crippen LogP contribution in [0.5, 0.6) is 0 Å². The maximum atomic E-state index is 12.8. The fraction of sp³-hybridized carbons (Fsp3) is 0.835. The van der Waals surface area contributed by atoms with E-state index in [1.165, 1.54) is 327 Å². The number of phosphoric acid groups is 1. The molecule has 556 valence electrons. The zero-order valence-electron chi connectivity index (χ0n) is 62.9. The lowest BCUT2D eigenvalue weighted by Crippen LogP contribution is -2.29. The van der Waals surface area contributed by atoms with E-state index in [0.717, 1.165) is 64.2 Å². The van der Waals surface area contributed by atoms with E-state index in [0.29, 0.717) is 6.42 Å². The average molecular weight is 1350 g/mol. The summed E-state index contributed by atoms with van der Waals surface area (Å²) in [7, 11) is -4.40. The fourth-order valence-electron chi connectivity index (χ4n) is 12.5. The Balaban J connectivity index is 3.74. The van der Waals surface area contributed by atoms with Gasteiger partial charge in [0, 0.05) is 19.4 Å². The Kier molecular flexibility index (Phi) is 78.3. The second-order valence-corrected chi connectivity index (χ2v) is 29.4. The predicted octanol–water partition coefficient (Wildman–Crippen LogP) is 27.9. The Morgan fingerprint density at radius 1 is 0.326 bits per heavy atom. The number of nitrogens with two attached hydrogens (primary N) is 1. The van der Waals surface area contributed by atoms with Crippen LogP contribution in [0.2, 0.25) is 0 Å². The molecule has 0 bridgehead atoms. The number of phosphoric ester groups is 1. The summed E-state index contributed by atoms with van der Waals surface area (Å²) in [5.41, 5.74) is 5.42. The molecule has 0 aromatic carbocycles. The number of hydrogen-bond acceptors (Lipinski definition) is 8. The predicted molar refractivity (Wildman–Crippen MR) is 413 cm³/mol. The molecule has 0 fully saturated rings. The monoisotopic (exact) mass is 1350 g/mol. The Morgan fingerprint density at radius 3 is 0.874 bits per heavy atom. The Labute approximate surface area is 590 Å². The van der Waals surface area contributed by atoms with Crippen LogP contribution < -0.4 is 5.73 Å². The maximum Gasteiger partial charge on any atom is 0.472 e. The molecule has 3 N–H and O–H groups in total. The third-order valence-electron chi connectivity index (χ3n) is 18.6.